The number of hydrogen-bond acceptors (Lipinski definition) is 3. The Hall–Kier alpha value is -1.36. The number of halogens is 1. The van der Waals surface area contributed by atoms with Crippen LogP contribution in [0.3, 0.4) is 0 Å². The first-order chi connectivity index (χ1) is 12.0. The molecule has 0 amide bonds. The summed E-state index contributed by atoms with van der Waals surface area (Å²) in [7, 11) is 0. The number of hydrogen-bond donors (Lipinski definition) is 1. The fourth-order valence-corrected chi connectivity index (χ4v) is 3.76. The largest absolute Gasteiger partial charge is 0.310 e. The quantitative estimate of drug-likeness (QED) is 0.871. The molecule has 0 saturated carbocycles. The maximum absolute atomic E-state index is 6.00. The van der Waals surface area contributed by atoms with Gasteiger partial charge in [0.15, 0.2) is 0 Å². The molecule has 0 unspecified atom stereocenters. The van der Waals surface area contributed by atoms with Crippen molar-refractivity contribution in [3.63, 3.8) is 0 Å². The monoisotopic (exact) mass is 360 g/mol. The molecule has 1 fully saturated rings. The Kier molecular flexibility index (Phi) is 5.82. The van der Waals surface area contributed by atoms with Gasteiger partial charge in [0.1, 0.15) is 0 Å². The van der Waals surface area contributed by atoms with Crippen LogP contribution >= 0.6 is 11.6 Å². The molecule has 1 aromatic carbocycles. The Morgan fingerprint density at radius 1 is 1.16 bits per heavy atom. The third-order valence-corrected chi connectivity index (χ3v) is 5.59. The van der Waals surface area contributed by atoms with E-state index in [1.54, 1.807) is 0 Å². The zero-order chi connectivity index (χ0) is 18.0. The summed E-state index contributed by atoms with van der Waals surface area (Å²) in [6, 6.07) is 9.11. The smallest absolute Gasteiger partial charge is 0.0649 e. The molecule has 1 aliphatic heterocycles. The van der Waals surface area contributed by atoms with Gasteiger partial charge in [0.25, 0.3) is 0 Å². The number of likely N-dealkylation sites (tertiary alicyclic amines) is 1. The summed E-state index contributed by atoms with van der Waals surface area (Å²) < 4.78 is 2.02. The molecule has 3 rings (SSSR count). The van der Waals surface area contributed by atoms with Crippen molar-refractivity contribution in [3.8, 4) is 5.69 Å². The highest BCUT2D eigenvalue weighted by Gasteiger charge is 2.21. The van der Waals surface area contributed by atoms with Gasteiger partial charge in [-0.3, -0.25) is 0 Å². The van der Waals surface area contributed by atoms with Gasteiger partial charge in [-0.2, -0.15) is 5.10 Å². The van der Waals surface area contributed by atoms with Crippen LogP contribution in [0.2, 0.25) is 5.02 Å². The van der Waals surface area contributed by atoms with Gasteiger partial charge < -0.3 is 10.2 Å². The van der Waals surface area contributed by atoms with E-state index in [1.807, 2.05) is 28.9 Å². The van der Waals surface area contributed by atoms with Crippen molar-refractivity contribution in [1.29, 1.82) is 0 Å². The minimum absolute atomic E-state index is 0.604. The summed E-state index contributed by atoms with van der Waals surface area (Å²) >= 11 is 6.00. The number of piperidine rings is 1. The Morgan fingerprint density at radius 2 is 1.80 bits per heavy atom. The van der Waals surface area contributed by atoms with Crippen LogP contribution in [-0.2, 0) is 6.54 Å². The number of nitrogens with zero attached hydrogens (tertiary/aromatic N) is 3. The lowest BCUT2D eigenvalue weighted by molar-refractivity contribution is 0.161. The standard InChI is InChI=1S/C20H29ClN4/c1-14(2)24-11-9-18(10-12-24)22-13-20-15(3)23-25(16(20)4)19-7-5-17(21)6-8-19/h5-8,14,18,22H,9-13H2,1-4H3. The van der Waals surface area contributed by atoms with Crippen molar-refractivity contribution in [3.05, 3.63) is 46.2 Å². The van der Waals surface area contributed by atoms with E-state index in [0.717, 1.165) is 22.9 Å². The molecule has 136 valence electrons. The van der Waals surface area contributed by atoms with E-state index in [1.165, 1.54) is 37.2 Å². The average Bonchev–Trinajstić information content (AvgIpc) is 2.88. The predicted molar refractivity (Wildman–Crippen MR) is 105 cm³/mol. The van der Waals surface area contributed by atoms with Gasteiger partial charge in [0.05, 0.1) is 11.4 Å². The predicted octanol–water partition coefficient (Wildman–Crippen LogP) is 4.10. The maximum Gasteiger partial charge on any atom is 0.0649 e. The Bertz CT molecular complexity index is 697. The average molecular weight is 361 g/mol. The Morgan fingerprint density at radius 3 is 2.40 bits per heavy atom. The van der Waals surface area contributed by atoms with E-state index in [9.17, 15) is 0 Å². The van der Waals surface area contributed by atoms with E-state index in [4.69, 9.17) is 16.7 Å². The van der Waals surface area contributed by atoms with E-state index in [0.29, 0.717) is 12.1 Å². The lowest BCUT2D eigenvalue weighted by Crippen LogP contribution is -2.44. The van der Waals surface area contributed by atoms with E-state index in [2.05, 4.69) is 37.9 Å². The Labute approximate surface area is 156 Å². The molecule has 0 aliphatic carbocycles. The second kappa shape index (κ2) is 7.90. The number of benzene rings is 1. The van der Waals surface area contributed by atoms with Gasteiger partial charge >= 0.3 is 0 Å². The zero-order valence-corrected chi connectivity index (χ0v) is 16.5. The van der Waals surface area contributed by atoms with Crippen LogP contribution in [-0.4, -0.2) is 39.9 Å². The van der Waals surface area contributed by atoms with Crippen molar-refractivity contribution in [1.82, 2.24) is 20.0 Å². The minimum Gasteiger partial charge on any atom is -0.310 e. The molecular weight excluding hydrogens is 332 g/mol. The summed E-state index contributed by atoms with van der Waals surface area (Å²) in [5.74, 6) is 0. The molecular formula is C20H29ClN4. The molecule has 4 nitrogen and oxygen atoms in total. The molecule has 25 heavy (non-hydrogen) atoms. The first kappa shape index (κ1) is 18.4. The third kappa shape index (κ3) is 4.25. The lowest BCUT2D eigenvalue weighted by atomic mass is 10.0. The van der Waals surface area contributed by atoms with Crippen molar-refractivity contribution < 1.29 is 0 Å². The SMILES string of the molecule is Cc1nn(-c2ccc(Cl)cc2)c(C)c1CNC1CCN(C(C)C)CC1. The highest BCUT2D eigenvalue weighted by molar-refractivity contribution is 6.30. The maximum atomic E-state index is 6.00. The zero-order valence-electron chi connectivity index (χ0n) is 15.7. The minimum atomic E-state index is 0.604. The summed E-state index contributed by atoms with van der Waals surface area (Å²) in [4.78, 5) is 2.56. The van der Waals surface area contributed by atoms with Crippen LogP contribution in [0.25, 0.3) is 5.69 Å². The van der Waals surface area contributed by atoms with Gasteiger partial charge in [-0.25, -0.2) is 4.68 Å². The van der Waals surface area contributed by atoms with Gasteiger partial charge in [-0.15, -0.1) is 0 Å². The number of rotatable bonds is 5. The molecule has 2 aromatic rings. The van der Waals surface area contributed by atoms with Crippen molar-refractivity contribution in [2.75, 3.05) is 13.1 Å². The lowest BCUT2D eigenvalue weighted by Gasteiger charge is -2.35. The van der Waals surface area contributed by atoms with Crippen molar-refractivity contribution in [2.24, 2.45) is 0 Å². The summed E-state index contributed by atoms with van der Waals surface area (Å²) in [6.07, 6.45) is 2.45. The normalized spacial score (nSPS) is 16.7. The molecule has 2 heterocycles. The number of aromatic nitrogens is 2. The number of aryl methyl sites for hydroxylation is 1. The molecule has 0 radical (unpaired) electrons. The first-order valence-electron chi connectivity index (χ1n) is 9.24. The van der Waals surface area contributed by atoms with Crippen LogP contribution in [0.4, 0.5) is 0 Å². The highest BCUT2D eigenvalue weighted by atomic mass is 35.5. The number of nitrogens with one attached hydrogen (secondary N) is 1. The summed E-state index contributed by atoms with van der Waals surface area (Å²) in [6.45, 7) is 12.1. The van der Waals surface area contributed by atoms with E-state index < -0.39 is 0 Å². The van der Waals surface area contributed by atoms with Gasteiger partial charge in [0, 0.05) is 34.9 Å². The van der Waals surface area contributed by atoms with Gasteiger partial charge in [0.2, 0.25) is 0 Å². The highest BCUT2D eigenvalue weighted by Crippen LogP contribution is 2.20. The van der Waals surface area contributed by atoms with Gasteiger partial charge in [-0.05, 0) is 77.9 Å². The van der Waals surface area contributed by atoms with E-state index in [-0.39, 0.29) is 0 Å². The Balaban J connectivity index is 1.65. The molecule has 1 aromatic heterocycles. The van der Waals surface area contributed by atoms with Crippen LogP contribution < -0.4 is 5.32 Å². The molecule has 1 saturated heterocycles. The van der Waals surface area contributed by atoms with Crippen LogP contribution in [0.1, 0.15) is 43.6 Å². The molecule has 0 bridgehead atoms. The third-order valence-electron chi connectivity index (χ3n) is 5.34. The molecule has 5 heteroatoms. The summed E-state index contributed by atoms with van der Waals surface area (Å²) in [5.41, 5.74) is 4.66. The van der Waals surface area contributed by atoms with Gasteiger partial charge in [-0.1, -0.05) is 11.6 Å². The molecule has 1 N–H and O–H groups in total. The summed E-state index contributed by atoms with van der Waals surface area (Å²) in [5, 5.41) is 9.24. The molecule has 0 atom stereocenters. The molecule has 0 spiro atoms. The van der Waals surface area contributed by atoms with Crippen molar-refractivity contribution >= 4 is 11.6 Å². The van der Waals surface area contributed by atoms with Crippen LogP contribution in [0.15, 0.2) is 24.3 Å². The second-order valence-corrected chi connectivity index (χ2v) is 7.76. The first-order valence-corrected chi connectivity index (χ1v) is 9.62. The van der Waals surface area contributed by atoms with Crippen LogP contribution in [0.5, 0.6) is 0 Å². The van der Waals surface area contributed by atoms with E-state index >= 15 is 0 Å². The molecule has 1 aliphatic rings. The van der Waals surface area contributed by atoms with Crippen LogP contribution in [0, 0.1) is 13.8 Å². The topological polar surface area (TPSA) is 33.1 Å². The fraction of sp³-hybridized carbons (Fsp3) is 0.550. The second-order valence-electron chi connectivity index (χ2n) is 7.32. The van der Waals surface area contributed by atoms with Crippen molar-refractivity contribution in [2.45, 2.75) is 59.2 Å². The fourth-order valence-electron chi connectivity index (χ4n) is 3.63.